The van der Waals surface area contributed by atoms with E-state index in [4.69, 9.17) is 9.47 Å². The molecule has 1 amide bonds. The minimum Gasteiger partial charge on any atom is -0.493 e. The topological polar surface area (TPSA) is 63.7 Å². The van der Waals surface area contributed by atoms with Gasteiger partial charge in [0.2, 0.25) is 0 Å². The summed E-state index contributed by atoms with van der Waals surface area (Å²) in [6, 6.07) is 9.11. The second-order valence-electron chi connectivity index (χ2n) is 6.38. The Balaban J connectivity index is 1.78. The zero-order valence-corrected chi connectivity index (χ0v) is 15.5. The number of methoxy groups -OCH3 is 2. The van der Waals surface area contributed by atoms with Gasteiger partial charge in [-0.05, 0) is 49.6 Å². The summed E-state index contributed by atoms with van der Waals surface area (Å²) in [5.41, 5.74) is 1.56. The number of carbonyl (C=O) groups excluding carboxylic acids is 1. The van der Waals surface area contributed by atoms with E-state index in [1.807, 2.05) is 31.2 Å². The van der Waals surface area contributed by atoms with Crippen molar-refractivity contribution in [3.63, 3.8) is 0 Å². The molecule has 2 heterocycles. The maximum absolute atomic E-state index is 12.8. The van der Waals surface area contributed by atoms with Crippen molar-refractivity contribution in [1.82, 2.24) is 10.3 Å². The van der Waals surface area contributed by atoms with Gasteiger partial charge in [-0.2, -0.15) is 0 Å². The smallest absolute Gasteiger partial charge is 0.255 e. The van der Waals surface area contributed by atoms with E-state index in [0.29, 0.717) is 17.1 Å². The Morgan fingerprint density at radius 2 is 1.88 bits per heavy atom. The van der Waals surface area contributed by atoms with Crippen LogP contribution in [0.2, 0.25) is 0 Å². The number of hydrogen-bond acceptors (Lipinski definition) is 5. The van der Waals surface area contributed by atoms with Crippen molar-refractivity contribution in [3.05, 3.63) is 47.7 Å². The lowest BCUT2D eigenvalue weighted by Crippen LogP contribution is -2.30. The van der Waals surface area contributed by atoms with Gasteiger partial charge < -0.3 is 19.7 Å². The minimum absolute atomic E-state index is 0.123. The van der Waals surface area contributed by atoms with Crippen LogP contribution in [0.4, 0.5) is 5.82 Å². The third-order valence-electron chi connectivity index (χ3n) is 4.69. The van der Waals surface area contributed by atoms with E-state index in [9.17, 15) is 4.79 Å². The molecular formula is C20H25N3O3. The number of rotatable bonds is 6. The molecule has 1 unspecified atom stereocenters. The first kappa shape index (κ1) is 18.0. The molecule has 1 aliphatic rings. The summed E-state index contributed by atoms with van der Waals surface area (Å²) in [5.74, 6) is 1.95. The van der Waals surface area contributed by atoms with E-state index in [0.717, 1.165) is 37.3 Å². The van der Waals surface area contributed by atoms with Crippen LogP contribution in [0.5, 0.6) is 11.5 Å². The summed E-state index contributed by atoms with van der Waals surface area (Å²) in [5, 5.41) is 3.06. The molecule has 0 bridgehead atoms. The summed E-state index contributed by atoms with van der Waals surface area (Å²) in [6.45, 7) is 3.84. The lowest BCUT2D eigenvalue weighted by molar-refractivity contribution is 0.0940. The molecular weight excluding hydrogens is 330 g/mol. The van der Waals surface area contributed by atoms with Gasteiger partial charge in [0.05, 0.1) is 25.8 Å². The number of aromatic nitrogens is 1. The molecule has 1 atom stereocenters. The average molecular weight is 355 g/mol. The molecule has 0 aliphatic carbocycles. The number of benzene rings is 1. The van der Waals surface area contributed by atoms with E-state index >= 15 is 0 Å². The Labute approximate surface area is 154 Å². The van der Waals surface area contributed by atoms with Crippen LogP contribution in [0.1, 0.15) is 41.7 Å². The molecule has 0 spiro atoms. The lowest BCUT2D eigenvalue weighted by Gasteiger charge is -2.21. The number of hydrogen-bond donors (Lipinski definition) is 1. The third-order valence-corrected chi connectivity index (χ3v) is 4.69. The Morgan fingerprint density at radius 1 is 1.15 bits per heavy atom. The number of nitrogens with one attached hydrogen (secondary N) is 1. The lowest BCUT2D eigenvalue weighted by atomic mass is 10.1. The number of amides is 1. The van der Waals surface area contributed by atoms with Crippen LogP contribution >= 0.6 is 0 Å². The molecule has 1 fully saturated rings. The number of carbonyl (C=O) groups is 1. The Kier molecular flexibility index (Phi) is 5.61. The van der Waals surface area contributed by atoms with Gasteiger partial charge in [0.25, 0.3) is 5.91 Å². The number of pyridine rings is 1. The minimum atomic E-state index is -0.172. The summed E-state index contributed by atoms with van der Waals surface area (Å²) in [4.78, 5) is 19.5. The molecule has 1 aliphatic heterocycles. The van der Waals surface area contributed by atoms with Gasteiger partial charge in [-0.3, -0.25) is 4.79 Å². The van der Waals surface area contributed by atoms with Gasteiger partial charge in [-0.1, -0.05) is 6.07 Å². The molecule has 0 radical (unpaired) electrons. The first-order valence-corrected chi connectivity index (χ1v) is 8.86. The first-order chi connectivity index (χ1) is 12.6. The van der Waals surface area contributed by atoms with Gasteiger partial charge in [-0.15, -0.1) is 0 Å². The third kappa shape index (κ3) is 3.74. The maximum atomic E-state index is 12.8. The van der Waals surface area contributed by atoms with Gasteiger partial charge in [0, 0.05) is 19.3 Å². The molecule has 1 aromatic heterocycles. The molecule has 2 aromatic rings. The van der Waals surface area contributed by atoms with E-state index in [-0.39, 0.29) is 11.9 Å². The fraction of sp³-hybridized carbons (Fsp3) is 0.400. The fourth-order valence-electron chi connectivity index (χ4n) is 3.24. The van der Waals surface area contributed by atoms with Crippen LogP contribution in [0.15, 0.2) is 36.5 Å². The van der Waals surface area contributed by atoms with Crippen LogP contribution in [0, 0.1) is 0 Å². The standard InChI is InChI=1S/C20H25N3O3/c1-14(15-8-9-17(25-2)18(13-15)26-3)22-20(24)16-7-6-10-21-19(16)23-11-4-5-12-23/h6-10,13-14H,4-5,11-12H2,1-3H3,(H,22,24). The van der Waals surface area contributed by atoms with Crippen LogP contribution in [0.3, 0.4) is 0 Å². The van der Waals surface area contributed by atoms with Crippen molar-refractivity contribution >= 4 is 11.7 Å². The molecule has 6 heteroatoms. The van der Waals surface area contributed by atoms with Gasteiger partial charge >= 0.3 is 0 Å². The van der Waals surface area contributed by atoms with Crippen LogP contribution in [-0.4, -0.2) is 38.2 Å². The molecule has 1 N–H and O–H groups in total. The zero-order valence-electron chi connectivity index (χ0n) is 15.5. The normalized spacial score (nSPS) is 14.8. The van der Waals surface area contributed by atoms with E-state index < -0.39 is 0 Å². The van der Waals surface area contributed by atoms with E-state index in [1.165, 1.54) is 0 Å². The summed E-state index contributed by atoms with van der Waals surface area (Å²) >= 11 is 0. The highest BCUT2D eigenvalue weighted by molar-refractivity contribution is 5.99. The van der Waals surface area contributed by atoms with Crippen molar-refractivity contribution in [1.29, 1.82) is 0 Å². The van der Waals surface area contributed by atoms with E-state index in [2.05, 4.69) is 15.2 Å². The van der Waals surface area contributed by atoms with Crippen molar-refractivity contribution in [2.45, 2.75) is 25.8 Å². The monoisotopic (exact) mass is 355 g/mol. The second kappa shape index (κ2) is 8.08. The molecule has 3 rings (SSSR count). The number of ether oxygens (including phenoxy) is 2. The molecule has 138 valence electrons. The van der Waals surface area contributed by atoms with Gasteiger partial charge in [0.15, 0.2) is 11.5 Å². The highest BCUT2D eigenvalue weighted by Gasteiger charge is 2.22. The van der Waals surface area contributed by atoms with E-state index in [1.54, 1.807) is 26.5 Å². The highest BCUT2D eigenvalue weighted by Crippen LogP contribution is 2.30. The van der Waals surface area contributed by atoms with Gasteiger partial charge in [-0.25, -0.2) is 4.98 Å². The predicted octanol–water partition coefficient (Wildman–Crippen LogP) is 3.19. The first-order valence-electron chi connectivity index (χ1n) is 8.86. The molecule has 26 heavy (non-hydrogen) atoms. The molecule has 0 saturated carbocycles. The van der Waals surface area contributed by atoms with Crippen LogP contribution in [0.25, 0.3) is 0 Å². The highest BCUT2D eigenvalue weighted by atomic mass is 16.5. The summed E-state index contributed by atoms with van der Waals surface area (Å²) in [6.07, 6.45) is 4.02. The maximum Gasteiger partial charge on any atom is 0.255 e. The molecule has 6 nitrogen and oxygen atoms in total. The molecule has 1 saturated heterocycles. The average Bonchev–Trinajstić information content (AvgIpc) is 3.22. The summed E-state index contributed by atoms with van der Waals surface area (Å²) in [7, 11) is 3.20. The Hall–Kier alpha value is -2.76. The quantitative estimate of drug-likeness (QED) is 0.862. The number of anilines is 1. The summed E-state index contributed by atoms with van der Waals surface area (Å²) < 4.78 is 10.6. The second-order valence-corrected chi connectivity index (χ2v) is 6.38. The zero-order chi connectivity index (χ0) is 18.5. The number of nitrogens with zero attached hydrogens (tertiary/aromatic N) is 2. The predicted molar refractivity (Wildman–Crippen MR) is 101 cm³/mol. The Bertz CT molecular complexity index is 773. The van der Waals surface area contributed by atoms with Crippen molar-refractivity contribution in [2.75, 3.05) is 32.2 Å². The Morgan fingerprint density at radius 3 is 2.58 bits per heavy atom. The van der Waals surface area contributed by atoms with Gasteiger partial charge in [0.1, 0.15) is 5.82 Å². The van der Waals surface area contributed by atoms with Crippen LogP contribution in [-0.2, 0) is 0 Å². The van der Waals surface area contributed by atoms with Crippen LogP contribution < -0.4 is 19.7 Å². The SMILES string of the molecule is COc1ccc(C(C)NC(=O)c2cccnc2N2CCCC2)cc1OC. The largest absolute Gasteiger partial charge is 0.493 e. The van der Waals surface area contributed by atoms with Crippen molar-refractivity contribution < 1.29 is 14.3 Å². The fourth-order valence-corrected chi connectivity index (χ4v) is 3.24. The van der Waals surface area contributed by atoms with Crippen molar-refractivity contribution in [2.24, 2.45) is 0 Å². The molecule has 1 aromatic carbocycles. The van der Waals surface area contributed by atoms with Crippen molar-refractivity contribution in [3.8, 4) is 11.5 Å².